The molecule has 1 saturated heterocycles. The number of rotatable bonds is 5. The Morgan fingerprint density at radius 1 is 1.12 bits per heavy atom. The van der Waals surface area contributed by atoms with Gasteiger partial charge in [-0.25, -0.2) is 0 Å². The molecule has 1 saturated carbocycles. The average molecular weight is 350 g/mol. The van der Waals surface area contributed by atoms with Crippen molar-refractivity contribution in [2.24, 2.45) is 5.92 Å². The summed E-state index contributed by atoms with van der Waals surface area (Å²) >= 11 is 1.80. The smallest absolute Gasteiger partial charge is 0.309 e. The Hall–Kier alpha value is -1.40. The molecule has 2 heterocycles. The van der Waals surface area contributed by atoms with Crippen molar-refractivity contribution in [2.75, 3.05) is 19.6 Å². The molecule has 3 rings (SSSR count). The third-order valence-electron chi connectivity index (χ3n) is 5.11. The number of nitrogens with zero attached hydrogens (tertiary/aromatic N) is 1. The van der Waals surface area contributed by atoms with Gasteiger partial charge in [0, 0.05) is 24.0 Å². The summed E-state index contributed by atoms with van der Waals surface area (Å²) < 4.78 is 0. The van der Waals surface area contributed by atoms with Gasteiger partial charge < -0.3 is 10.6 Å². The lowest BCUT2D eigenvalue weighted by Gasteiger charge is -2.31. The van der Waals surface area contributed by atoms with Crippen molar-refractivity contribution in [1.29, 1.82) is 0 Å². The number of amides is 2. The van der Waals surface area contributed by atoms with Crippen LogP contribution in [0.5, 0.6) is 0 Å². The van der Waals surface area contributed by atoms with E-state index in [1.54, 1.807) is 11.3 Å². The number of nitrogens with one attached hydrogen (secondary N) is 2. The van der Waals surface area contributed by atoms with Crippen molar-refractivity contribution in [1.82, 2.24) is 15.5 Å². The van der Waals surface area contributed by atoms with E-state index in [2.05, 4.69) is 33.0 Å². The summed E-state index contributed by atoms with van der Waals surface area (Å²) in [5.74, 6) is -0.451. The SMILES string of the molecule is O=C(NCC1CCN(Cc2cccs2)CC1)C(=O)NC1CCCC1. The third kappa shape index (κ3) is 5.05. The first-order chi connectivity index (χ1) is 11.7. The molecule has 6 heteroatoms. The zero-order chi connectivity index (χ0) is 16.8. The number of carbonyl (C=O) groups is 2. The summed E-state index contributed by atoms with van der Waals surface area (Å²) in [5, 5.41) is 7.78. The van der Waals surface area contributed by atoms with Crippen LogP contribution in [0.3, 0.4) is 0 Å². The standard InChI is InChI=1S/C18H27N3O2S/c22-17(18(23)20-15-4-1-2-5-15)19-12-14-7-9-21(10-8-14)13-16-6-3-11-24-16/h3,6,11,14-15H,1-2,4-5,7-10,12-13H2,(H,19,22)(H,20,23). The quantitative estimate of drug-likeness (QED) is 0.801. The highest BCUT2D eigenvalue weighted by Crippen LogP contribution is 2.20. The van der Waals surface area contributed by atoms with E-state index in [1.165, 1.54) is 4.88 Å². The van der Waals surface area contributed by atoms with Crippen LogP contribution in [0.25, 0.3) is 0 Å². The highest BCUT2D eigenvalue weighted by Gasteiger charge is 2.23. The van der Waals surface area contributed by atoms with Gasteiger partial charge in [-0.2, -0.15) is 0 Å². The maximum Gasteiger partial charge on any atom is 0.309 e. The van der Waals surface area contributed by atoms with E-state index < -0.39 is 11.8 Å². The first kappa shape index (κ1) is 17.4. The summed E-state index contributed by atoms with van der Waals surface area (Å²) in [6.07, 6.45) is 6.46. The normalized spacial score (nSPS) is 20.2. The summed E-state index contributed by atoms with van der Waals surface area (Å²) in [6, 6.07) is 4.47. The summed E-state index contributed by atoms with van der Waals surface area (Å²) in [4.78, 5) is 27.7. The minimum Gasteiger partial charge on any atom is -0.348 e. The lowest BCUT2D eigenvalue weighted by atomic mass is 9.96. The van der Waals surface area contributed by atoms with E-state index in [0.29, 0.717) is 12.5 Å². The van der Waals surface area contributed by atoms with Crippen LogP contribution in [-0.4, -0.2) is 42.4 Å². The minimum atomic E-state index is -0.470. The molecular formula is C18H27N3O2S. The van der Waals surface area contributed by atoms with Gasteiger partial charge in [-0.15, -0.1) is 11.3 Å². The fourth-order valence-corrected chi connectivity index (χ4v) is 4.36. The number of piperidine rings is 1. The zero-order valence-corrected chi connectivity index (χ0v) is 14.9. The summed E-state index contributed by atoms with van der Waals surface area (Å²) in [5.41, 5.74) is 0. The van der Waals surface area contributed by atoms with E-state index in [-0.39, 0.29) is 6.04 Å². The average Bonchev–Trinajstić information content (AvgIpc) is 3.28. The molecule has 2 N–H and O–H groups in total. The Morgan fingerprint density at radius 2 is 1.88 bits per heavy atom. The van der Waals surface area contributed by atoms with Gasteiger partial charge in [0.25, 0.3) is 0 Å². The first-order valence-corrected chi connectivity index (χ1v) is 9.92. The van der Waals surface area contributed by atoms with Crippen LogP contribution in [0.15, 0.2) is 17.5 Å². The molecule has 0 aromatic carbocycles. The van der Waals surface area contributed by atoms with Gasteiger partial charge in [0.15, 0.2) is 0 Å². The van der Waals surface area contributed by atoms with Crippen molar-refractivity contribution in [3.63, 3.8) is 0 Å². The fourth-order valence-electron chi connectivity index (χ4n) is 3.61. The molecule has 2 aliphatic rings. The molecule has 0 spiro atoms. The Kier molecular flexibility index (Phi) is 6.26. The lowest BCUT2D eigenvalue weighted by molar-refractivity contribution is -0.139. The molecular weight excluding hydrogens is 322 g/mol. The molecule has 1 aliphatic heterocycles. The van der Waals surface area contributed by atoms with Crippen molar-refractivity contribution in [3.8, 4) is 0 Å². The molecule has 0 unspecified atom stereocenters. The van der Waals surface area contributed by atoms with Gasteiger partial charge in [-0.1, -0.05) is 18.9 Å². The molecule has 24 heavy (non-hydrogen) atoms. The van der Waals surface area contributed by atoms with Gasteiger partial charge in [0.05, 0.1) is 0 Å². The molecule has 132 valence electrons. The third-order valence-corrected chi connectivity index (χ3v) is 5.98. The maximum absolute atomic E-state index is 11.9. The topological polar surface area (TPSA) is 61.4 Å². The number of likely N-dealkylation sites (tertiary alicyclic amines) is 1. The maximum atomic E-state index is 11.9. The van der Waals surface area contributed by atoms with Crippen LogP contribution in [-0.2, 0) is 16.1 Å². The predicted molar refractivity (Wildman–Crippen MR) is 95.7 cm³/mol. The summed E-state index contributed by atoms with van der Waals surface area (Å²) in [7, 11) is 0. The fraction of sp³-hybridized carbons (Fsp3) is 0.667. The Balaban J connectivity index is 1.32. The van der Waals surface area contributed by atoms with E-state index in [4.69, 9.17) is 0 Å². The van der Waals surface area contributed by atoms with Gasteiger partial charge in [0.2, 0.25) is 0 Å². The second-order valence-electron chi connectivity index (χ2n) is 6.96. The molecule has 1 aromatic rings. The highest BCUT2D eigenvalue weighted by atomic mass is 32.1. The number of carbonyl (C=O) groups excluding carboxylic acids is 2. The Bertz CT molecular complexity index is 532. The predicted octanol–water partition coefficient (Wildman–Crippen LogP) is 2.14. The number of thiophene rings is 1. The molecule has 0 radical (unpaired) electrons. The van der Waals surface area contributed by atoms with Crippen LogP contribution < -0.4 is 10.6 Å². The zero-order valence-electron chi connectivity index (χ0n) is 14.1. The van der Waals surface area contributed by atoms with Crippen molar-refractivity contribution >= 4 is 23.2 Å². The lowest BCUT2D eigenvalue weighted by Crippen LogP contribution is -2.46. The molecule has 0 atom stereocenters. The van der Waals surface area contributed by atoms with Crippen LogP contribution in [0, 0.1) is 5.92 Å². The van der Waals surface area contributed by atoms with Crippen molar-refractivity contribution < 1.29 is 9.59 Å². The van der Waals surface area contributed by atoms with Gasteiger partial charge in [-0.3, -0.25) is 14.5 Å². The second kappa shape index (κ2) is 8.62. The van der Waals surface area contributed by atoms with Crippen LogP contribution in [0.1, 0.15) is 43.4 Å². The van der Waals surface area contributed by atoms with E-state index in [1.807, 2.05) is 0 Å². The van der Waals surface area contributed by atoms with Gasteiger partial charge in [-0.05, 0) is 56.1 Å². The van der Waals surface area contributed by atoms with Crippen molar-refractivity contribution in [2.45, 2.75) is 51.1 Å². The molecule has 0 bridgehead atoms. The highest BCUT2D eigenvalue weighted by molar-refractivity contribution is 7.09. The van der Waals surface area contributed by atoms with Crippen LogP contribution in [0.2, 0.25) is 0 Å². The monoisotopic (exact) mass is 349 g/mol. The molecule has 2 amide bonds. The summed E-state index contributed by atoms with van der Waals surface area (Å²) in [6.45, 7) is 3.77. The van der Waals surface area contributed by atoms with E-state index >= 15 is 0 Å². The minimum absolute atomic E-state index is 0.198. The largest absolute Gasteiger partial charge is 0.348 e. The molecule has 5 nitrogen and oxygen atoms in total. The molecule has 1 aromatic heterocycles. The molecule has 1 aliphatic carbocycles. The van der Waals surface area contributed by atoms with Gasteiger partial charge in [0.1, 0.15) is 0 Å². The van der Waals surface area contributed by atoms with Crippen molar-refractivity contribution in [3.05, 3.63) is 22.4 Å². The van der Waals surface area contributed by atoms with Gasteiger partial charge >= 0.3 is 11.8 Å². The number of hydrogen-bond acceptors (Lipinski definition) is 4. The van der Waals surface area contributed by atoms with Crippen LogP contribution >= 0.6 is 11.3 Å². The van der Waals surface area contributed by atoms with Crippen LogP contribution in [0.4, 0.5) is 0 Å². The second-order valence-corrected chi connectivity index (χ2v) is 8.00. The first-order valence-electron chi connectivity index (χ1n) is 9.04. The number of hydrogen-bond donors (Lipinski definition) is 2. The van der Waals surface area contributed by atoms with E-state index in [9.17, 15) is 9.59 Å². The Morgan fingerprint density at radius 3 is 2.54 bits per heavy atom. The molecule has 2 fully saturated rings. The Labute approximate surface area is 147 Å². The van der Waals surface area contributed by atoms with E-state index in [0.717, 1.165) is 58.2 Å².